The van der Waals surface area contributed by atoms with Crippen LogP contribution in [0.25, 0.3) is 0 Å². The van der Waals surface area contributed by atoms with E-state index in [1.807, 2.05) is 0 Å². The minimum absolute atomic E-state index is 0.233. The Bertz CT molecular complexity index is 474. The first-order valence-corrected chi connectivity index (χ1v) is 7.29. The summed E-state index contributed by atoms with van der Waals surface area (Å²) in [5.41, 5.74) is -0.122. The molecule has 0 heterocycles. The van der Waals surface area contributed by atoms with Crippen molar-refractivity contribution in [3.63, 3.8) is 0 Å². The summed E-state index contributed by atoms with van der Waals surface area (Å²) in [4.78, 5) is 12.3. The molecule has 0 atom stereocenters. The van der Waals surface area contributed by atoms with Crippen LogP contribution in [0.1, 0.15) is 56.8 Å². The maximum atomic E-state index is 13.7. The number of rotatable bonds is 2. The maximum Gasteiger partial charge on any atom is 0.171 e. The molecule has 1 aliphatic rings. The van der Waals surface area contributed by atoms with Crippen LogP contribution in [0, 0.1) is 28.9 Å². The van der Waals surface area contributed by atoms with Crippen molar-refractivity contribution in [3.05, 3.63) is 35.4 Å². The third-order valence-corrected chi connectivity index (χ3v) is 4.53. The lowest BCUT2D eigenvalue weighted by Gasteiger charge is -2.36. The predicted molar refractivity (Wildman–Crippen MR) is 75.6 cm³/mol. The molecule has 0 radical (unpaired) electrons. The summed E-state index contributed by atoms with van der Waals surface area (Å²) in [5, 5.41) is 0. The fourth-order valence-electron chi connectivity index (χ4n) is 3.16. The molecule has 0 unspecified atom stereocenters. The van der Waals surface area contributed by atoms with Gasteiger partial charge in [-0.05, 0) is 49.1 Å². The average Bonchev–Trinajstić information content (AvgIpc) is 2.37. The molecule has 0 amide bonds. The fourth-order valence-corrected chi connectivity index (χ4v) is 3.16. The molecule has 0 aromatic heterocycles. The van der Waals surface area contributed by atoms with Crippen LogP contribution in [0.4, 0.5) is 8.78 Å². The van der Waals surface area contributed by atoms with Crippen molar-refractivity contribution in [3.8, 4) is 0 Å². The van der Waals surface area contributed by atoms with E-state index in [1.165, 1.54) is 6.07 Å². The van der Waals surface area contributed by atoms with Gasteiger partial charge in [0.25, 0.3) is 0 Å². The summed E-state index contributed by atoms with van der Waals surface area (Å²) in [6, 6.07) is 3.59. The van der Waals surface area contributed by atoms with Crippen LogP contribution in [0.2, 0.25) is 0 Å². The van der Waals surface area contributed by atoms with E-state index in [-0.39, 0.29) is 22.7 Å². The molecule has 0 N–H and O–H groups in total. The highest BCUT2D eigenvalue weighted by atomic mass is 19.1. The Hall–Kier alpha value is -1.25. The molecule has 110 valence electrons. The number of hydrogen-bond donors (Lipinski definition) is 0. The summed E-state index contributed by atoms with van der Waals surface area (Å²) < 4.78 is 27.3. The molecular formula is C17H22F2O. The molecule has 1 saturated carbocycles. The van der Waals surface area contributed by atoms with E-state index < -0.39 is 11.6 Å². The fraction of sp³-hybridized carbons (Fsp3) is 0.588. The highest BCUT2D eigenvalue weighted by molar-refractivity contribution is 5.98. The third-order valence-electron chi connectivity index (χ3n) is 4.53. The molecule has 1 aromatic carbocycles. The molecule has 0 aliphatic heterocycles. The van der Waals surface area contributed by atoms with E-state index in [4.69, 9.17) is 0 Å². The van der Waals surface area contributed by atoms with Crippen molar-refractivity contribution in [1.29, 1.82) is 0 Å². The number of Topliss-reactive ketones (excluding diaryl/α,β-unsaturated/α-hetero) is 1. The van der Waals surface area contributed by atoms with Gasteiger partial charge in [0.1, 0.15) is 11.6 Å². The van der Waals surface area contributed by atoms with Gasteiger partial charge in [-0.2, -0.15) is 0 Å². The van der Waals surface area contributed by atoms with Crippen LogP contribution in [-0.4, -0.2) is 5.78 Å². The second-order valence-corrected chi connectivity index (χ2v) is 6.88. The van der Waals surface area contributed by atoms with E-state index in [2.05, 4.69) is 20.8 Å². The van der Waals surface area contributed by atoms with Gasteiger partial charge in [0, 0.05) is 5.92 Å². The standard InChI is InChI=1S/C17H22F2O/c1-17(2,3)12-9-7-11(8-10-12)16(20)15-13(18)5-4-6-14(15)19/h4-6,11-12H,7-10H2,1-3H3. The highest BCUT2D eigenvalue weighted by Gasteiger charge is 2.34. The molecule has 1 aliphatic carbocycles. The van der Waals surface area contributed by atoms with Gasteiger partial charge >= 0.3 is 0 Å². The molecule has 1 aromatic rings. The zero-order chi connectivity index (χ0) is 14.9. The Morgan fingerprint density at radius 1 is 1.05 bits per heavy atom. The average molecular weight is 280 g/mol. The summed E-state index contributed by atoms with van der Waals surface area (Å²) in [5.74, 6) is -1.51. The quantitative estimate of drug-likeness (QED) is 0.697. The number of carbonyl (C=O) groups is 1. The van der Waals surface area contributed by atoms with E-state index in [1.54, 1.807) is 0 Å². The monoisotopic (exact) mass is 280 g/mol. The first kappa shape index (κ1) is 15.1. The van der Waals surface area contributed by atoms with Gasteiger partial charge in [-0.1, -0.05) is 26.8 Å². The Morgan fingerprint density at radius 2 is 1.55 bits per heavy atom. The Labute approximate surface area is 119 Å². The number of halogens is 2. The second-order valence-electron chi connectivity index (χ2n) is 6.88. The summed E-state index contributed by atoms with van der Waals surface area (Å²) in [6.45, 7) is 6.61. The van der Waals surface area contributed by atoms with E-state index in [0.717, 1.165) is 37.8 Å². The predicted octanol–water partition coefficient (Wildman–Crippen LogP) is 5.00. The Balaban J connectivity index is 2.09. The van der Waals surface area contributed by atoms with Crippen molar-refractivity contribution in [2.75, 3.05) is 0 Å². The van der Waals surface area contributed by atoms with Gasteiger partial charge in [-0.25, -0.2) is 8.78 Å². The lowest BCUT2D eigenvalue weighted by molar-refractivity contribution is 0.0811. The molecule has 0 bridgehead atoms. The van der Waals surface area contributed by atoms with Crippen LogP contribution < -0.4 is 0 Å². The minimum atomic E-state index is -0.743. The molecule has 0 saturated heterocycles. The molecule has 2 rings (SSSR count). The van der Waals surface area contributed by atoms with Gasteiger partial charge in [0.05, 0.1) is 5.56 Å². The molecule has 0 spiro atoms. The van der Waals surface area contributed by atoms with Crippen LogP contribution in [0.3, 0.4) is 0 Å². The van der Waals surface area contributed by atoms with Crippen molar-refractivity contribution >= 4 is 5.78 Å². The minimum Gasteiger partial charge on any atom is -0.294 e. The summed E-state index contributed by atoms with van der Waals surface area (Å²) in [6.07, 6.45) is 3.37. The first-order valence-electron chi connectivity index (χ1n) is 7.29. The van der Waals surface area contributed by atoms with Crippen LogP contribution >= 0.6 is 0 Å². The Morgan fingerprint density at radius 3 is 2.00 bits per heavy atom. The van der Waals surface area contributed by atoms with Crippen LogP contribution in [0.15, 0.2) is 18.2 Å². The van der Waals surface area contributed by atoms with Gasteiger partial charge in [-0.15, -0.1) is 0 Å². The van der Waals surface area contributed by atoms with Gasteiger partial charge < -0.3 is 0 Å². The number of benzene rings is 1. The zero-order valence-corrected chi connectivity index (χ0v) is 12.4. The molecule has 1 nitrogen and oxygen atoms in total. The lowest BCUT2D eigenvalue weighted by atomic mass is 9.68. The van der Waals surface area contributed by atoms with Crippen LogP contribution in [0.5, 0.6) is 0 Å². The molecule has 20 heavy (non-hydrogen) atoms. The van der Waals surface area contributed by atoms with Crippen molar-refractivity contribution in [2.24, 2.45) is 17.3 Å². The van der Waals surface area contributed by atoms with E-state index >= 15 is 0 Å². The summed E-state index contributed by atoms with van der Waals surface area (Å²) in [7, 11) is 0. The largest absolute Gasteiger partial charge is 0.294 e. The number of ketones is 1. The van der Waals surface area contributed by atoms with E-state index in [9.17, 15) is 13.6 Å². The van der Waals surface area contributed by atoms with Gasteiger partial charge in [0.2, 0.25) is 0 Å². The maximum absolute atomic E-state index is 13.7. The van der Waals surface area contributed by atoms with Crippen molar-refractivity contribution < 1.29 is 13.6 Å². The van der Waals surface area contributed by atoms with E-state index in [0.29, 0.717) is 5.92 Å². The number of carbonyl (C=O) groups excluding carboxylic acids is 1. The smallest absolute Gasteiger partial charge is 0.171 e. The molecular weight excluding hydrogens is 258 g/mol. The SMILES string of the molecule is CC(C)(C)C1CCC(C(=O)c2c(F)cccc2F)CC1. The van der Waals surface area contributed by atoms with Crippen molar-refractivity contribution in [2.45, 2.75) is 46.5 Å². The summed E-state index contributed by atoms with van der Waals surface area (Å²) >= 11 is 0. The third kappa shape index (κ3) is 3.08. The van der Waals surface area contributed by atoms with Crippen molar-refractivity contribution in [1.82, 2.24) is 0 Å². The van der Waals surface area contributed by atoms with Crippen LogP contribution in [-0.2, 0) is 0 Å². The zero-order valence-electron chi connectivity index (χ0n) is 12.4. The van der Waals surface area contributed by atoms with Gasteiger partial charge in [-0.3, -0.25) is 4.79 Å². The highest BCUT2D eigenvalue weighted by Crippen LogP contribution is 2.40. The van der Waals surface area contributed by atoms with Gasteiger partial charge in [0.15, 0.2) is 5.78 Å². The lowest BCUT2D eigenvalue weighted by Crippen LogP contribution is -2.29. The second kappa shape index (κ2) is 5.63. The topological polar surface area (TPSA) is 17.1 Å². The number of hydrogen-bond acceptors (Lipinski definition) is 1. The first-order chi connectivity index (χ1) is 9.30. The molecule has 3 heteroatoms. The Kier molecular flexibility index (Phi) is 4.26. The molecule has 1 fully saturated rings. The normalized spacial score (nSPS) is 23.6.